The summed E-state index contributed by atoms with van der Waals surface area (Å²) in [7, 11) is 1.85. The predicted molar refractivity (Wildman–Crippen MR) is 90.9 cm³/mol. The number of nitrogens with one attached hydrogen (secondary N) is 1. The largest absolute Gasteiger partial charge is 0.388 e. The summed E-state index contributed by atoms with van der Waals surface area (Å²) in [4.78, 5) is 21.8. The fourth-order valence-electron chi connectivity index (χ4n) is 3.44. The number of aromatic nitrogens is 5. The molecule has 0 aliphatic carbocycles. The fourth-order valence-corrected chi connectivity index (χ4v) is 3.44. The first kappa shape index (κ1) is 15.8. The number of rotatable bonds is 3. The smallest absolute Gasteiger partial charge is 0.254 e. The van der Waals surface area contributed by atoms with Gasteiger partial charge < -0.3 is 19.6 Å². The molecule has 2 N–H and O–H groups in total. The maximum Gasteiger partial charge on any atom is 0.254 e. The lowest BCUT2D eigenvalue weighted by molar-refractivity contribution is -0.0258. The lowest BCUT2D eigenvalue weighted by atomic mass is 9.89. The zero-order chi connectivity index (χ0) is 17.4. The standard InChI is InChI=1S/C17H20N6O2/c1-22-11-20-21-15(22)8-17(25)5-2-6-23(9-17)16(24)12-3-4-13-14(7-12)19-10-18-13/h3-4,7,10-11,25H,2,5-6,8-9H2,1H3,(H,18,19). The maximum absolute atomic E-state index is 12.9. The van der Waals surface area contributed by atoms with E-state index in [0.29, 0.717) is 31.5 Å². The molecule has 1 aliphatic heterocycles. The number of fused-ring (bicyclic) bond motifs is 1. The van der Waals surface area contributed by atoms with Crippen molar-refractivity contribution in [1.82, 2.24) is 29.6 Å². The molecular formula is C17H20N6O2. The van der Waals surface area contributed by atoms with Crippen LogP contribution in [0, 0.1) is 0 Å². The fraction of sp³-hybridized carbons (Fsp3) is 0.412. The molecule has 0 bridgehead atoms. The quantitative estimate of drug-likeness (QED) is 0.738. The second kappa shape index (κ2) is 5.96. The van der Waals surface area contributed by atoms with Crippen LogP contribution in [-0.2, 0) is 13.5 Å². The summed E-state index contributed by atoms with van der Waals surface area (Å²) in [5, 5.41) is 18.9. The van der Waals surface area contributed by atoms with Crippen LogP contribution in [0.15, 0.2) is 30.9 Å². The van der Waals surface area contributed by atoms with E-state index in [2.05, 4.69) is 20.2 Å². The van der Waals surface area contributed by atoms with Gasteiger partial charge in [0.1, 0.15) is 12.2 Å². The van der Waals surface area contributed by atoms with Crippen LogP contribution >= 0.6 is 0 Å². The first-order valence-electron chi connectivity index (χ1n) is 8.32. The number of amides is 1. The van der Waals surface area contributed by atoms with Crippen molar-refractivity contribution in [2.45, 2.75) is 24.9 Å². The molecule has 2 aromatic heterocycles. The number of aryl methyl sites for hydroxylation is 1. The molecule has 8 nitrogen and oxygen atoms in total. The lowest BCUT2D eigenvalue weighted by Crippen LogP contribution is -2.51. The number of carbonyl (C=O) groups is 1. The van der Waals surface area contributed by atoms with Crippen LogP contribution in [0.1, 0.15) is 29.0 Å². The summed E-state index contributed by atoms with van der Waals surface area (Å²) < 4.78 is 1.80. The maximum atomic E-state index is 12.9. The average molecular weight is 340 g/mol. The van der Waals surface area contributed by atoms with Crippen LogP contribution in [0.25, 0.3) is 11.0 Å². The van der Waals surface area contributed by atoms with Crippen LogP contribution in [0.2, 0.25) is 0 Å². The zero-order valence-corrected chi connectivity index (χ0v) is 14.0. The van der Waals surface area contributed by atoms with Crippen LogP contribution in [0.4, 0.5) is 0 Å². The highest BCUT2D eigenvalue weighted by Crippen LogP contribution is 2.26. The second-order valence-electron chi connectivity index (χ2n) is 6.72. The van der Waals surface area contributed by atoms with Crippen molar-refractivity contribution in [3.8, 4) is 0 Å². The molecule has 1 saturated heterocycles. The first-order valence-corrected chi connectivity index (χ1v) is 8.32. The van der Waals surface area contributed by atoms with Gasteiger partial charge in [0.25, 0.3) is 5.91 Å². The Morgan fingerprint density at radius 2 is 2.32 bits per heavy atom. The summed E-state index contributed by atoms with van der Waals surface area (Å²) in [6, 6.07) is 5.41. The number of benzene rings is 1. The van der Waals surface area contributed by atoms with Gasteiger partial charge in [-0.3, -0.25) is 4.79 Å². The number of imidazole rings is 1. The van der Waals surface area contributed by atoms with Crippen molar-refractivity contribution in [2.24, 2.45) is 7.05 Å². The van der Waals surface area contributed by atoms with E-state index in [1.54, 1.807) is 34.3 Å². The SMILES string of the molecule is Cn1cnnc1CC1(O)CCCN(C(=O)c2ccc3nc[nH]c3c2)C1. The second-order valence-corrected chi connectivity index (χ2v) is 6.72. The van der Waals surface area contributed by atoms with E-state index in [9.17, 15) is 9.90 Å². The number of aliphatic hydroxyl groups is 1. The number of nitrogens with zero attached hydrogens (tertiary/aromatic N) is 5. The van der Waals surface area contributed by atoms with Gasteiger partial charge in [-0.15, -0.1) is 10.2 Å². The van der Waals surface area contributed by atoms with E-state index in [1.165, 1.54) is 0 Å². The van der Waals surface area contributed by atoms with Crippen molar-refractivity contribution in [3.63, 3.8) is 0 Å². The Morgan fingerprint density at radius 1 is 1.44 bits per heavy atom. The Hall–Kier alpha value is -2.74. The number of likely N-dealkylation sites (tertiary alicyclic amines) is 1. The molecule has 4 rings (SSSR count). The van der Waals surface area contributed by atoms with Gasteiger partial charge in [-0.25, -0.2) is 4.98 Å². The van der Waals surface area contributed by atoms with Crippen LogP contribution in [0.3, 0.4) is 0 Å². The molecular weight excluding hydrogens is 320 g/mol. The molecule has 25 heavy (non-hydrogen) atoms. The van der Waals surface area contributed by atoms with Crippen LogP contribution < -0.4 is 0 Å². The normalized spacial score (nSPS) is 21.0. The molecule has 1 unspecified atom stereocenters. The summed E-state index contributed by atoms with van der Waals surface area (Å²) in [5.41, 5.74) is 1.28. The van der Waals surface area contributed by atoms with Gasteiger partial charge in [-0.05, 0) is 31.0 Å². The van der Waals surface area contributed by atoms with E-state index in [-0.39, 0.29) is 5.91 Å². The average Bonchev–Trinajstić information content (AvgIpc) is 3.22. The Morgan fingerprint density at radius 3 is 3.12 bits per heavy atom. The number of carbonyl (C=O) groups excluding carboxylic acids is 1. The number of β-amino-alcohol motifs (C(OH)–C–C–N with tert-alkyl or cyclic N) is 1. The highest BCUT2D eigenvalue weighted by molar-refractivity contribution is 5.97. The van der Waals surface area contributed by atoms with Gasteiger partial charge in [0.05, 0.1) is 29.5 Å². The topological polar surface area (TPSA) is 99.9 Å². The third kappa shape index (κ3) is 3.00. The van der Waals surface area contributed by atoms with Gasteiger partial charge in [0.2, 0.25) is 0 Å². The highest BCUT2D eigenvalue weighted by atomic mass is 16.3. The molecule has 1 aliphatic rings. The van der Waals surface area contributed by atoms with Crippen molar-refractivity contribution in [2.75, 3.05) is 13.1 Å². The number of H-pyrrole nitrogens is 1. The van der Waals surface area contributed by atoms with Gasteiger partial charge in [-0.1, -0.05) is 0 Å². The molecule has 0 spiro atoms. The third-order valence-corrected chi connectivity index (χ3v) is 4.80. The van der Waals surface area contributed by atoms with Gasteiger partial charge >= 0.3 is 0 Å². The molecule has 3 heterocycles. The van der Waals surface area contributed by atoms with E-state index >= 15 is 0 Å². The molecule has 1 fully saturated rings. The molecule has 130 valence electrons. The number of piperidine rings is 1. The first-order chi connectivity index (χ1) is 12.0. The Bertz CT molecular complexity index is 917. The monoisotopic (exact) mass is 340 g/mol. The molecule has 1 aromatic carbocycles. The van der Waals surface area contributed by atoms with Crippen molar-refractivity contribution >= 4 is 16.9 Å². The van der Waals surface area contributed by atoms with Gasteiger partial charge in [-0.2, -0.15) is 0 Å². The summed E-state index contributed by atoms with van der Waals surface area (Å²) in [6.45, 7) is 0.931. The highest BCUT2D eigenvalue weighted by Gasteiger charge is 2.36. The van der Waals surface area contributed by atoms with Gasteiger partial charge in [0, 0.05) is 25.6 Å². The lowest BCUT2D eigenvalue weighted by Gasteiger charge is -2.39. The molecule has 1 amide bonds. The van der Waals surface area contributed by atoms with E-state index in [4.69, 9.17) is 0 Å². The summed E-state index contributed by atoms with van der Waals surface area (Å²) >= 11 is 0. The van der Waals surface area contributed by atoms with E-state index in [0.717, 1.165) is 23.3 Å². The third-order valence-electron chi connectivity index (χ3n) is 4.80. The van der Waals surface area contributed by atoms with Crippen LogP contribution in [-0.4, -0.2) is 59.3 Å². The summed E-state index contributed by atoms with van der Waals surface area (Å²) in [5.74, 6) is 0.642. The van der Waals surface area contributed by atoms with E-state index in [1.807, 2.05) is 13.1 Å². The minimum atomic E-state index is -0.979. The van der Waals surface area contributed by atoms with Crippen LogP contribution in [0.5, 0.6) is 0 Å². The molecule has 8 heteroatoms. The number of hydrogen-bond donors (Lipinski definition) is 2. The molecule has 3 aromatic rings. The Kier molecular flexibility index (Phi) is 3.76. The summed E-state index contributed by atoms with van der Waals surface area (Å²) in [6.07, 6.45) is 5.01. The Labute approximate surface area is 144 Å². The zero-order valence-electron chi connectivity index (χ0n) is 14.0. The van der Waals surface area contributed by atoms with E-state index < -0.39 is 5.60 Å². The minimum absolute atomic E-state index is 0.0763. The molecule has 0 saturated carbocycles. The molecule has 0 radical (unpaired) electrons. The number of hydrogen-bond acceptors (Lipinski definition) is 5. The molecule has 1 atom stereocenters. The minimum Gasteiger partial charge on any atom is -0.388 e. The Balaban J connectivity index is 1.53. The number of aromatic amines is 1. The van der Waals surface area contributed by atoms with Gasteiger partial charge in [0.15, 0.2) is 0 Å². The van der Waals surface area contributed by atoms with Crippen molar-refractivity contribution in [3.05, 3.63) is 42.2 Å². The van der Waals surface area contributed by atoms with Crippen molar-refractivity contribution < 1.29 is 9.90 Å². The van der Waals surface area contributed by atoms with Crippen molar-refractivity contribution in [1.29, 1.82) is 0 Å². The predicted octanol–water partition coefficient (Wildman–Crippen LogP) is 0.901.